The monoisotopic (exact) mass is 352 g/mol. The summed E-state index contributed by atoms with van der Waals surface area (Å²) in [6, 6.07) is 25.7. The summed E-state index contributed by atoms with van der Waals surface area (Å²) >= 11 is 0. The molecule has 0 radical (unpaired) electrons. The van der Waals surface area contributed by atoms with Crippen molar-refractivity contribution in [1.29, 1.82) is 5.26 Å². The third kappa shape index (κ3) is 5.52. The van der Waals surface area contributed by atoms with Gasteiger partial charge < -0.3 is 4.74 Å². The zero-order valence-corrected chi connectivity index (χ0v) is 14.4. The van der Waals surface area contributed by atoms with Crippen LogP contribution in [-0.2, 0) is 4.79 Å². The van der Waals surface area contributed by atoms with Gasteiger partial charge in [0.25, 0.3) is 0 Å². The van der Waals surface area contributed by atoms with Gasteiger partial charge in [0.2, 0.25) is 0 Å². The molecule has 0 aliphatic rings. The van der Waals surface area contributed by atoms with Crippen LogP contribution in [0.15, 0.2) is 89.9 Å². The average Bonchev–Trinajstić information content (AvgIpc) is 2.72. The number of carbonyl (C=O) groups excluding carboxylic acids is 1. The smallest absolute Gasteiger partial charge is 0.336 e. The van der Waals surface area contributed by atoms with Crippen molar-refractivity contribution >= 4 is 23.9 Å². The van der Waals surface area contributed by atoms with Crippen LogP contribution in [0.1, 0.15) is 16.7 Å². The van der Waals surface area contributed by atoms with E-state index in [1.807, 2.05) is 54.6 Å². The Balaban J connectivity index is 1.58. The Bertz CT molecular complexity index is 997. The lowest BCUT2D eigenvalue weighted by molar-refractivity contribution is -0.128. The summed E-state index contributed by atoms with van der Waals surface area (Å²) in [5.74, 6) is 0.0868. The van der Waals surface area contributed by atoms with Crippen molar-refractivity contribution < 1.29 is 9.53 Å². The quantitative estimate of drug-likeness (QED) is 0.283. The standard InChI is InChI=1S/C23H16N2O2/c24-16-19-6-8-20(9-7-19)17-25-21-13-10-18(11-14-21)12-15-23(26)27-22-4-2-1-3-5-22/h1-15,17H/b15-12+,25-17?. The number of rotatable bonds is 5. The number of aliphatic imine (C=N–C) groups is 1. The van der Waals surface area contributed by atoms with Gasteiger partial charge in [-0.2, -0.15) is 5.26 Å². The molecule has 0 N–H and O–H groups in total. The van der Waals surface area contributed by atoms with E-state index < -0.39 is 5.97 Å². The normalized spacial score (nSPS) is 10.8. The van der Waals surface area contributed by atoms with Gasteiger partial charge in [0.15, 0.2) is 0 Å². The molecule has 4 nitrogen and oxygen atoms in total. The minimum absolute atomic E-state index is 0.427. The summed E-state index contributed by atoms with van der Waals surface area (Å²) in [5, 5.41) is 8.80. The molecule has 4 heteroatoms. The Morgan fingerprint density at radius 2 is 1.56 bits per heavy atom. The molecule has 0 aliphatic carbocycles. The number of nitrogens with zero attached hydrogens (tertiary/aromatic N) is 2. The van der Waals surface area contributed by atoms with E-state index in [2.05, 4.69) is 11.1 Å². The number of hydrogen-bond donors (Lipinski definition) is 0. The van der Waals surface area contributed by atoms with Crippen molar-refractivity contribution in [2.24, 2.45) is 4.99 Å². The van der Waals surface area contributed by atoms with Gasteiger partial charge >= 0.3 is 5.97 Å². The molecule has 3 aromatic rings. The highest BCUT2D eigenvalue weighted by Gasteiger charge is 1.99. The second-order valence-corrected chi connectivity index (χ2v) is 5.65. The van der Waals surface area contributed by atoms with Crippen LogP contribution in [0, 0.1) is 11.3 Å². The molecule has 130 valence electrons. The Morgan fingerprint density at radius 1 is 0.889 bits per heavy atom. The van der Waals surface area contributed by atoms with Crippen LogP contribution in [0.25, 0.3) is 6.08 Å². The van der Waals surface area contributed by atoms with Crippen LogP contribution in [0.3, 0.4) is 0 Å². The summed E-state index contributed by atoms with van der Waals surface area (Å²) in [5.41, 5.74) is 3.21. The lowest BCUT2D eigenvalue weighted by Crippen LogP contribution is -2.03. The molecule has 0 spiro atoms. The summed E-state index contributed by atoms with van der Waals surface area (Å²) < 4.78 is 5.19. The number of para-hydroxylation sites is 1. The molecular weight excluding hydrogens is 336 g/mol. The van der Waals surface area contributed by atoms with Crippen LogP contribution >= 0.6 is 0 Å². The van der Waals surface area contributed by atoms with Crippen LogP contribution in [0.2, 0.25) is 0 Å². The minimum atomic E-state index is -0.427. The topological polar surface area (TPSA) is 62.5 Å². The van der Waals surface area contributed by atoms with Gasteiger partial charge in [0, 0.05) is 12.3 Å². The van der Waals surface area contributed by atoms with Crippen LogP contribution in [0.5, 0.6) is 5.75 Å². The first-order valence-corrected chi connectivity index (χ1v) is 8.32. The first-order chi connectivity index (χ1) is 13.2. The summed E-state index contributed by atoms with van der Waals surface area (Å²) in [4.78, 5) is 16.2. The van der Waals surface area contributed by atoms with Crippen molar-refractivity contribution in [2.75, 3.05) is 0 Å². The molecule has 0 heterocycles. The van der Waals surface area contributed by atoms with Crippen molar-refractivity contribution in [3.05, 3.63) is 102 Å². The van der Waals surface area contributed by atoms with Gasteiger partial charge in [0.05, 0.1) is 17.3 Å². The third-order valence-electron chi connectivity index (χ3n) is 3.67. The molecule has 0 saturated heterocycles. The first kappa shape index (κ1) is 17.8. The number of benzene rings is 3. The zero-order chi connectivity index (χ0) is 18.9. The molecule has 3 rings (SSSR count). The first-order valence-electron chi connectivity index (χ1n) is 8.32. The average molecular weight is 352 g/mol. The van der Waals surface area contributed by atoms with E-state index in [1.54, 1.807) is 36.6 Å². The van der Waals surface area contributed by atoms with Gasteiger partial charge in [0.1, 0.15) is 5.75 Å². The molecule has 3 aromatic carbocycles. The predicted molar refractivity (Wildman–Crippen MR) is 106 cm³/mol. The van der Waals surface area contributed by atoms with E-state index in [4.69, 9.17) is 10.00 Å². The fourth-order valence-corrected chi connectivity index (χ4v) is 2.27. The summed E-state index contributed by atoms with van der Waals surface area (Å²) in [7, 11) is 0. The molecule has 0 atom stereocenters. The molecule has 0 unspecified atom stereocenters. The lowest BCUT2D eigenvalue weighted by atomic mass is 10.1. The molecule has 27 heavy (non-hydrogen) atoms. The Hall–Kier alpha value is -3.97. The highest BCUT2D eigenvalue weighted by Crippen LogP contribution is 2.15. The Morgan fingerprint density at radius 3 is 2.22 bits per heavy atom. The molecule has 0 saturated carbocycles. The highest BCUT2D eigenvalue weighted by molar-refractivity contribution is 5.88. The van der Waals surface area contributed by atoms with E-state index >= 15 is 0 Å². The van der Waals surface area contributed by atoms with Gasteiger partial charge in [-0.05, 0) is 53.6 Å². The molecule has 0 aliphatic heterocycles. The van der Waals surface area contributed by atoms with Crippen molar-refractivity contribution in [2.45, 2.75) is 0 Å². The predicted octanol–water partition coefficient (Wildman–Crippen LogP) is 4.93. The van der Waals surface area contributed by atoms with Crippen molar-refractivity contribution in [3.63, 3.8) is 0 Å². The van der Waals surface area contributed by atoms with E-state index in [0.717, 1.165) is 16.8 Å². The van der Waals surface area contributed by atoms with Crippen LogP contribution < -0.4 is 4.74 Å². The highest BCUT2D eigenvalue weighted by atomic mass is 16.5. The second kappa shape index (κ2) is 8.93. The molecule has 0 bridgehead atoms. The Kier molecular flexibility index (Phi) is 5.90. The largest absolute Gasteiger partial charge is 0.423 e. The van der Waals surface area contributed by atoms with Crippen molar-refractivity contribution in [1.82, 2.24) is 0 Å². The molecule has 0 fully saturated rings. The van der Waals surface area contributed by atoms with Gasteiger partial charge in [-0.15, -0.1) is 0 Å². The maximum atomic E-state index is 11.8. The second-order valence-electron chi connectivity index (χ2n) is 5.65. The molecular formula is C23H16N2O2. The maximum Gasteiger partial charge on any atom is 0.336 e. The van der Waals surface area contributed by atoms with Crippen LogP contribution in [0.4, 0.5) is 5.69 Å². The van der Waals surface area contributed by atoms with E-state index in [-0.39, 0.29) is 0 Å². The third-order valence-corrected chi connectivity index (χ3v) is 3.67. The number of nitriles is 1. The van der Waals surface area contributed by atoms with E-state index in [9.17, 15) is 4.79 Å². The fraction of sp³-hybridized carbons (Fsp3) is 0. The number of hydrogen-bond acceptors (Lipinski definition) is 4. The SMILES string of the molecule is N#Cc1ccc(C=Nc2ccc(/C=C/C(=O)Oc3ccccc3)cc2)cc1. The minimum Gasteiger partial charge on any atom is -0.423 e. The Labute approximate surface area is 157 Å². The number of ether oxygens (including phenoxy) is 1. The van der Waals surface area contributed by atoms with Gasteiger partial charge in [-0.1, -0.05) is 42.5 Å². The maximum absolute atomic E-state index is 11.8. The molecule has 0 aromatic heterocycles. The van der Waals surface area contributed by atoms with E-state index in [0.29, 0.717) is 11.3 Å². The fourth-order valence-electron chi connectivity index (χ4n) is 2.27. The van der Waals surface area contributed by atoms with Crippen LogP contribution in [-0.4, -0.2) is 12.2 Å². The number of carbonyl (C=O) groups is 1. The summed E-state index contributed by atoms with van der Waals surface area (Å²) in [6.07, 6.45) is 4.82. The van der Waals surface area contributed by atoms with E-state index in [1.165, 1.54) is 6.08 Å². The molecule has 0 amide bonds. The van der Waals surface area contributed by atoms with Gasteiger partial charge in [-0.25, -0.2) is 4.79 Å². The summed E-state index contributed by atoms with van der Waals surface area (Å²) in [6.45, 7) is 0. The lowest BCUT2D eigenvalue weighted by Gasteiger charge is -2.00. The van der Waals surface area contributed by atoms with Crippen molar-refractivity contribution in [3.8, 4) is 11.8 Å². The van der Waals surface area contributed by atoms with Gasteiger partial charge in [-0.3, -0.25) is 4.99 Å². The zero-order valence-electron chi connectivity index (χ0n) is 14.4. The number of esters is 1.